The lowest BCUT2D eigenvalue weighted by Crippen LogP contribution is -2.38. The molecule has 0 aromatic heterocycles. The predicted molar refractivity (Wildman–Crippen MR) is 111 cm³/mol. The van der Waals surface area contributed by atoms with E-state index in [1.165, 1.54) is 12.1 Å². The molecule has 0 radical (unpaired) electrons. The lowest BCUT2D eigenvalue weighted by atomic mass is 9.78. The van der Waals surface area contributed by atoms with Gasteiger partial charge in [0.2, 0.25) is 5.91 Å². The largest absolute Gasteiger partial charge is 0.490 e. The molecule has 28 heavy (non-hydrogen) atoms. The molecule has 1 saturated carbocycles. The van der Waals surface area contributed by atoms with Gasteiger partial charge in [-0.05, 0) is 81.0 Å². The van der Waals surface area contributed by atoms with Crippen molar-refractivity contribution in [3.8, 4) is 5.75 Å². The topological polar surface area (TPSA) is 38.3 Å². The van der Waals surface area contributed by atoms with E-state index >= 15 is 0 Å². The van der Waals surface area contributed by atoms with E-state index in [9.17, 15) is 9.18 Å². The first-order valence-corrected chi connectivity index (χ1v) is 10.2. The third-order valence-electron chi connectivity index (χ3n) is 5.90. The molecule has 1 fully saturated rings. The fourth-order valence-electron chi connectivity index (χ4n) is 4.14. The van der Waals surface area contributed by atoms with Crippen molar-refractivity contribution in [3.63, 3.8) is 0 Å². The average Bonchev–Trinajstić information content (AvgIpc) is 3.16. The number of aryl methyl sites for hydroxylation is 2. The van der Waals surface area contributed by atoms with E-state index in [2.05, 4.69) is 19.2 Å². The van der Waals surface area contributed by atoms with Crippen molar-refractivity contribution >= 4 is 11.6 Å². The summed E-state index contributed by atoms with van der Waals surface area (Å²) in [5.74, 6) is 0.605. The summed E-state index contributed by atoms with van der Waals surface area (Å²) in [6.07, 6.45) is 4.68. The Bertz CT molecular complexity index is 815. The third kappa shape index (κ3) is 4.06. The van der Waals surface area contributed by atoms with E-state index in [1.807, 2.05) is 26.0 Å². The van der Waals surface area contributed by atoms with Gasteiger partial charge in [0.1, 0.15) is 11.6 Å². The minimum Gasteiger partial charge on any atom is -0.490 e. The van der Waals surface area contributed by atoms with E-state index in [0.717, 1.165) is 60.2 Å². The highest BCUT2D eigenvalue weighted by molar-refractivity contribution is 5.99. The van der Waals surface area contributed by atoms with Gasteiger partial charge in [-0.15, -0.1) is 0 Å². The van der Waals surface area contributed by atoms with Gasteiger partial charge in [0.05, 0.1) is 11.5 Å². The van der Waals surface area contributed by atoms with Crippen LogP contribution in [0.3, 0.4) is 0 Å². The first-order valence-electron chi connectivity index (χ1n) is 10.2. The Balaban J connectivity index is 1.85. The van der Waals surface area contributed by atoms with E-state index in [4.69, 9.17) is 4.74 Å². The first-order chi connectivity index (χ1) is 13.4. The summed E-state index contributed by atoms with van der Waals surface area (Å²) in [6.45, 7) is 8.17. The molecule has 1 aliphatic rings. The van der Waals surface area contributed by atoms with E-state index in [0.29, 0.717) is 0 Å². The zero-order valence-electron chi connectivity index (χ0n) is 17.3. The number of hydrogen-bond donors (Lipinski definition) is 1. The summed E-state index contributed by atoms with van der Waals surface area (Å²) in [4.78, 5) is 13.3. The number of ether oxygens (including phenoxy) is 1. The van der Waals surface area contributed by atoms with Gasteiger partial charge in [-0.3, -0.25) is 4.79 Å². The van der Waals surface area contributed by atoms with Crippen LogP contribution in [0.25, 0.3) is 0 Å². The minimum absolute atomic E-state index is 0.00833. The van der Waals surface area contributed by atoms with Crippen LogP contribution in [0.5, 0.6) is 5.75 Å². The van der Waals surface area contributed by atoms with Crippen LogP contribution in [-0.4, -0.2) is 12.0 Å². The second kappa shape index (κ2) is 8.34. The molecule has 0 aliphatic heterocycles. The molecular formula is C24H30FNO2. The van der Waals surface area contributed by atoms with E-state index in [1.54, 1.807) is 12.1 Å². The Morgan fingerprint density at radius 1 is 1.14 bits per heavy atom. The molecule has 1 atom stereocenters. The van der Waals surface area contributed by atoms with E-state index < -0.39 is 5.41 Å². The summed E-state index contributed by atoms with van der Waals surface area (Å²) >= 11 is 0. The van der Waals surface area contributed by atoms with Gasteiger partial charge < -0.3 is 10.1 Å². The number of halogens is 1. The molecule has 150 valence electrons. The molecule has 1 aliphatic carbocycles. The van der Waals surface area contributed by atoms with Crippen LogP contribution in [0, 0.1) is 19.7 Å². The molecule has 2 aromatic rings. The average molecular weight is 384 g/mol. The van der Waals surface area contributed by atoms with Crippen LogP contribution < -0.4 is 10.1 Å². The molecule has 3 rings (SSSR count). The molecule has 0 bridgehead atoms. The molecule has 0 saturated heterocycles. The molecule has 0 unspecified atom stereocenters. The highest BCUT2D eigenvalue weighted by atomic mass is 19.1. The van der Waals surface area contributed by atoms with Crippen molar-refractivity contribution in [2.24, 2.45) is 0 Å². The summed E-state index contributed by atoms with van der Waals surface area (Å²) in [7, 11) is 0. The quantitative estimate of drug-likeness (QED) is 0.657. The van der Waals surface area contributed by atoms with Gasteiger partial charge >= 0.3 is 0 Å². The van der Waals surface area contributed by atoms with Crippen LogP contribution in [-0.2, 0) is 10.2 Å². The highest BCUT2D eigenvalue weighted by Crippen LogP contribution is 2.42. The number of amides is 1. The van der Waals surface area contributed by atoms with Crippen LogP contribution in [0.2, 0.25) is 0 Å². The Labute approximate surface area is 167 Å². The zero-order valence-corrected chi connectivity index (χ0v) is 17.3. The lowest BCUT2D eigenvalue weighted by Gasteiger charge is -2.28. The summed E-state index contributed by atoms with van der Waals surface area (Å²) in [5, 5.41) is 3.13. The van der Waals surface area contributed by atoms with Crippen molar-refractivity contribution in [2.75, 3.05) is 5.32 Å². The number of benzene rings is 2. The maximum absolute atomic E-state index is 13.4. The normalized spacial score (nSPS) is 16.6. The highest BCUT2D eigenvalue weighted by Gasteiger charge is 2.42. The Morgan fingerprint density at radius 3 is 2.25 bits per heavy atom. The number of carbonyl (C=O) groups excluding carboxylic acids is 1. The molecule has 4 heteroatoms. The smallest absolute Gasteiger partial charge is 0.235 e. The number of anilines is 1. The maximum Gasteiger partial charge on any atom is 0.235 e. The second-order valence-corrected chi connectivity index (χ2v) is 8.03. The van der Waals surface area contributed by atoms with Crippen LogP contribution in [0.1, 0.15) is 62.6 Å². The lowest BCUT2D eigenvalue weighted by molar-refractivity contribution is -0.121. The van der Waals surface area contributed by atoms with Gasteiger partial charge in [-0.25, -0.2) is 4.39 Å². The maximum atomic E-state index is 13.4. The van der Waals surface area contributed by atoms with Crippen LogP contribution in [0.4, 0.5) is 10.1 Å². The molecule has 0 spiro atoms. The summed E-state index contributed by atoms with van der Waals surface area (Å²) in [6, 6.07) is 10.3. The van der Waals surface area contributed by atoms with Crippen molar-refractivity contribution in [3.05, 3.63) is 58.9 Å². The molecular weight excluding hydrogens is 353 g/mol. The Kier molecular flexibility index (Phi) is 6.07. The van der Waals surface area contributed by atoms with Gasteiger partial charge in [0.15, 0.2) is 0 Å². The molecule has 3 nitrogen and oxygen atoms in total. The monoisotopic (exact) mass is 383 g/mol. The third-order valence-corrected chi connectivity index (χ3v) is 5.90. The van der Waals surface area contributed by atoms with Crippen molar-refractivity contribution in [1.82, 2.24) is 0 Å². The van der Waals surface area contributed by atoms with Crippen molar-refractivity contribution < 1.29 is 13.9 Å². The fourth-order valence-corrected chi connectivity index (χ4v) is 4.14. The second-order valence-electron chi connectivity index (χ2n) is 8.03. The first kappa shape index (κ1) is 20.4. The fraction of sp³-hybridized carbons (Fsp3) is 0.458. The summed E-state index contributed by atoms with van der Waals surface area (Å²) < 4.78 is 19.4. The zero-order chi connectivity index (χ0) is 20.3. The number of rotatable bonds is 6. The number of carbonyl (C=O) groups is 1. The van der Waals surface area contributed by atoms with Gasteiger partial charge in [-0.1, -0.05) is 31.9 Å². The van der Waals surface area contributed by atoms with Crippen molar-refractivity contribution in [2.45, 2.75) is 71.3 Å². The van der Waals surface area contributed by atoms with E-state index in [-0.39, 0.29) is 17.8 Å². The molecule has 2 aromatic carbocycles. The summed E-state index contributed by atoms with van der Waals surface area (Å²) in [5.41, 5.74) is 3.12. The number of nitrogens with one attached hydrogen (secondary N) is 1. The molecule has 1 amide bonds. The van der Waals surface area contributed by atoms with Crippen LogP contribution >= 0.6 is 0 Å². The SMILES string of the molecule is CC[C@@H](C)Oc1c(C)cc(NC(=O)C2(c3ccc(F)cc3)CCCC2)cc1C. The minimum atomic E-state index is -0.582. The van der Waals surface area contributed by atoms with Gasteiger partial charge in [0, 0.05) is 5.69 Å². The predicted octanol–water partition coefficient (Wildman–Crippen LogP) is 6.07. The van der Waals surface area contributed by atoms with Crippen LogP contribution in [0.15, 0.2) is 36.4 Å². The van der Waals surface area contributed by atoms with Crippen molar-refractivity contribution in [1.29, 1.82) is 0 Å². The Morgan fingerprint density at radius 2 is 1.71 bits per heavy atom. The molecule has 1 N–H and O–H groups in total. The molecule has 0 heterocycles. The number of hydrogen-bond acceptors (Lipinski definition) is 2. The van der Waals surface area contributed by atoms with Gasteiger partial charge in [-0.2, -0.15) is 0 Å². The standard InChI is InChI=1S/C24H30FNO2/c1-5-18(4)28-22-16(2)14-21(15-17(22)3)26-23(27)24(12-6-7-13-24)19-8-10-20(25)11-9-19/h8-11,14-15,18H,5-7,12-13H2,1-4H3,(H,26,27)/t18-/m1/s1. The van der Waals surface area contributed by atoms with Gasteiger partial charge in [0.25, 0.3) is 0 Å². The Hall–Kier alpha value is -2.36.